The summed E-state index contributed by atoms with van der Waals surface area (Å²) in [5.41, 5.74) is 0.771. The van der Waals surface area contributed by atoms with Crippen LogP contribution >= 0.6 is 27.7 Å². The fourth-order valence-electron chi connectivity index (χ4n) is 2.78. The van der Waals surface area contributed by atoms with E-state index in [0.717, 1.165) is 16.2 Å². The number of nitrogens with zero attached hydrogens (tertiary/aromatic N) is 3. The first-order valence-electron chi connectivity index (χ1n) is 9.09. The fraction of sp³-hybridized carbons (Fsp3) is 0.0455. The third kappa shape index (κ3) is 4.95. The van der Waals surface area contributed by atoms with Crippen LogP contribution in [-0.4, -0.2) is 27.3 Å². The summed E-state index contributed by atoms with van der Waals surface area (Å²) in [4.78, 5) is 14.8. The van der Waals surface area contributed by atoms with Gasteiger partial charge < -0.3 is 9.52 Å². The highest BCUT2D eigenvalue weighted by atomic mass is 79.9. The van der Waals surface area contributed by atoms with Gasteiger partial charge in [-0.2, -0.15) is 5.10 Å². The van der Waals surface area contributed by atoms with Crippen LogP contribution in [0.25, 0.3) is 6.08 Å². The molecule has 3 aromatic rings. The minimum Gasteiger partial charge on any atom is -0.507 e. The van der Waals surface area contributed by atoms with Crippen LogP contribution < -0.4 is 0 Å². The van der Waals surface area contributed by atoms with E-state index >= 15 is 0 Å². The Kier molecular flexibility index (Phi) is 6.34. The van der Waals surface area contributed by atoms with Crippen molar-refractivity contribution in [2.45, 2.75) is 6.54 Å². The van der Waals surface area contributed by atoms with Crippen molar-refractivity contribution in [3.63, 3.8) is 0 Å². The first kappa shape index (κ1) is 21.1. The number of benzene rings is 2. The normalized spacial score (nSPS) is 16.8. The van der Waals surface area contributed by atoms with Crippen molar-refractivity contribution in [2.75, 3.05) is 0 Å². The molecule has 31 heavy (non-hydrogen) atoms. The molecule has 1 saturated heterocycles. The van der Waals surface area contributed by atoms with Gasteiger partial charge in [0.25, 0.3) is 5.91 Å². The minimum atomic E-state index is -0.417. The molecule has 1 N–H and O–H groups in total. The summed E-state index contributed by atoms with van der Waals surface area (Å²) in [6.07, 6.45) is 4.40. The number of aromatic hydroxyl groups is 1. The molecule has 2 heterocycles. The van der Waals surface area contributed by atoms with Gasteiger partial charge in [-0.3, -0.25) is 9.69 Å². The second kappa shape index (κ2) is 9.32. The molecule has 156 valence electrons. The monoisotopic (exact) mass is 499 g/mol. The Hall–Kier alpha value is -3.17. The average Bonchev–Trinajstić information content (AvgIpc) is 3.36. The first-order valence-corrected chi connectivity index (χ1v) is 10.7. The van der Waals surface area contributed by atoms with E-state index < -0.39 is 5.82 Å². The highest BCUT2D eigenvalue weighted by molar-refractivity contribution is 9.10. The van der Waals surface area contributed by atoms with E-state index in [0.29, 0.717) is 21.4 Å². The predicted molar refractivity (Wildman–Crippen MR) is 122 cm³/mol. The minimum absolute atomic E-state index is 0.0460. The molecule has 0 aliphatic carbocycles. The number of halogens is 2. The Morgan fingerprint density at radius 1 is 1.16 bits per heavy atom. The Morgan fingerprint density at radius 3 is 2.77 bits per heavy atom. The van der Waals surface area contributed by atoms with Crippen LogP contribution in [-0.2, 0) is 11.3 Å². The van der Waals surface area contributed by atoms with Crippen LogP contribution in [0.1, 0.15) is 16.9 Å². The SMILES string of the molecule is O=C1/C(=C/c2cc(Br)ccc2O)S/C(=N/N=C\c2ccccc2F)N1Cc1ccco1. The Balaban J connectivity index is 1.66. The van der Waals surface area contributed by atoms with Crippen molar-refractivity contribution in [1.29, 1.82) is 0 Å². The van der Waals surface area contributed by atoms with Crippen LogP contribution in [0.3, 0.4) is 0 Å². The summed E-state index contributed by atoms with van der Waals surface area (Å²) in [5.74, 6) is -0.101. The summed E-state index contributed by atoms with van der Waals surface area (Å²) >= 11 is 4.47. The smallest absolute Gasteiger partial charge is 0.267 e. The summed E-state index contributed by atoms with van der Waals surface area (Å²) in [7, 11) is 0. The van der Waals surface area contributed by atoms with Crippen molar-refractivity contribution in [2.24, 2.45) is 10.2 Å². The number of rotatable bonds is 5. The number of thioether (sulfide) groups is 1. The van der Waals surface area contributed by atoms with Gasteiger partial charge in [0.2, 0.25) is 0 Å². The molecule has 2 aromatic carbocycles. The summed E-state index contributed by atoms with van der Waals surface area (Å²) in [6, 6.07) is 14.6. The van der Waals surface area contributed by atoms with Crippen LogP contribution in [0.4, 0.5) is 4.39 Å². The number of furan rings is 1. The molecule has 4 rings (SSSR count). The molecule has 0 saturated carbocycles. The molecule has 1 amide bonds. The molecule has 0 unspecified atom stereocenters. The third-order valence-corrected chi connectivity index (χ3v) is 5.79. The van der Waals surface area contributed by atoms with Crippen molar-refractivity contribution in [3.8, 4) is 5.75 Å². The van der Waals surface area contributed by atoms with Gasteiger partial charge in [-0.15, -0.1) is 5.10 Å². The highest BCUT2D eigenvalue weighted by Crippen LogP contribution is 2.35. The number of hydrogen-bond acceptors (Lipinski definition) is 6. The van der Waals surface area contributed by atoms with E-state index in [4.69, 9.17) is 4.42 Å². The quantitative estimate of drug-likeness (QED) is 0.289. The topological polar surface area (TPSA) is 78.4 Å². The van der Waals surface area contributed by atoms with E-state index in [9.17, 15) is 14.3 Å². The van der Waals surface area contributed by atoms with Crippen LogP contribution in [0.15, 0.2) is 84.9 Å². The molecular formula is C22H15BrFN3O3S. The molecule has 1 fully saturated rings. The average molecular weight is 500 g/mol. The van der Waals surface area contributed by atoms with Crippen LogP contribution in [0, 0.1) is 5.82 Å². The lowest BCUT2D eigenvalue weighted by Gasteiger charge is -2.12. The number of hydrogen-bond donors (Lipinski definition) is 1. The van der Waals surface area contributed by atoms with Gasteiger partial charge in [-0.05, 0) is 54.2 Å². The lowest BCUT2D eigenvalue weighted by Crippen LogP contribution is -2.28. The lowest BCUT2D eigenvalue weighted by molar-refractivity contribution is -0.122. The summed E-state index contributed by atoms with van der Waals surface area (Å²) in [5, 5.41) is 18.5. The van der Waals surface area contributed by atoms with Gasteiger partial charge in [0, 0.05) is 15.6 Å². The number of carbonyl (C=O) groups excluding carboxylic acids is 1. The largest absolute Gasteiger partial charge is 0.507 e. The van der Waals surface area contributed by atoms with E-state index in [-0.39, 0.29) is 23.8 Å². The van der Waals surface area contributed by atoms with Crippen molar-refractivity contribution < 1.29 is 18.7 Å². The highest BCUT2D eigenvalue weighted by Gasteiger charge is 2.34. The molecule has 1 aliphatic heterocycles. The summed E-state index contributed by atoms with van der Waals surface area (Å²) < 4.78 is 19.9. The lowest BCUT2D eigenvalue weighted by atomic mass is 10.2. The third-order valence-electron chi connectivity index (χ3n) is 4.30. The number of amides is 1. The molecule has 1 aromatic heterocycles. The van der Waals surface area contributed by atoms with Gasteiger partial charge in [0.05, 0.1) is 23.9 Å². The van der Waals surface area contributed by atoms with E-state index in [1.165, 1.54) is 29.5 Å². The van der Waals surface area contributed by atoms with Gasteiger partial charge in [-0.25, -0.2) is 4.39 Å². The Labute approximate surface area is 189 Å². The van der Waals surface area contributed by atoms with Crippen LogP contribution in [0.2, 0.25) is 0 Å². The molecule has 1 aliphatic rings. The number of amidine groups is 1. The van der Waals surface area contributed by atoms with E-state index in [1.807, 2.05) is 0 Å². The van der Waals surface area contributed by atoms with Gasteiger partial charge >= 0.3 is 0 Å². The van der Waals surface area contributed by atoms with Gasteiger partial charge in [0.15, 0.2) is 5.17 Å². The molecule has 9 heteroatoms. The maximum Gasteiger partial charge on any atom is 0.267 e. The fourth-order valence-corrected chi connectivity index (χ4v) is 4.09. The maximum absolute atomic E-state index is 13.8. The zero-order valence-corrected chi connectivity index (χ0v) is 18.3. The van der Waals surface area contributed by atoms with Crippen molar-refractivity contribution in [3.05, 3.63) is 92.9 Å². The predicted octanol–water partition coefficient (Wildman–Crippen LogP) is 5.39. The zero-order valence-electron chi connectivity index (χ0n) is 15.9. The van der Waals surface area contributed by atoms with Crippen molar-refractivity contribution >= 4 is 51.1 Å². The first-order chi connectivity index (χ1) is 15.0. The van der Waals surface area contributed by atoms with Crippen molar-refractivity contribution in [1.82, 2.24) is 4.90 Å². The standard InChI is InChI=1S/C22H15BrFN3O3S/c23-16-7-8-19(28)15(10-16)11-20-21(29)27(13-17-5-3-9-30-17)22(31-20)26-25-12-14-4-1-2-6-18(14)24/h1-12,28H,13H2/b20-11-,25-12-,26-22+. The number of phenols is 1. The zero-order chi connectivity index (χ0) is 21.8. The number of carbonyl (C=O) groups is 1. The van der Waals surface area contributed by atoms with Gasteiger partial charge in [0.1, 0.15) is 17.3 Å². The maximum atomic E-state index is 13.8. The molecule has 0 atom stereocenters. The second-order valence-corrected chi connectivity index (χ2v) is 8.36. The Bertz CT molecular complexity index is 1210. The molecule has 0 spiro atoms. The Morgan fingerprint density at radius 2 is 2.00 bits per heavy atom. The van der Waals surface area contributed by atoms with Gasteiger partial charge in [-0.1, -0.05) is 34.1 Å². The second-order valence-electron chi connectivity index (χ2n) is 6.43. The van der Waals surface area contributed by atoms with Crippen LogP contribution in [0.5, 0.6) is 5.75 Å². The summed E-state index contributed by atoms with van der Waals surface area (Å²) in [6.45, 7) is 0.161. The molecule has 0 bridgehead atoms. The molecule has 0 radical (unpaired) electrons. The van der Waals surface area contributed by atoms with E-state index in [1.54, 1.807) is 48.5 Å². The van der Waals surface area contributed by atoms with E-state index in [2.05, 4.69) is 26.1 Å². The number of phenolic OH excluding ortho intramolecular Hbond substituents is 1. The molecule has 6 nitrogen and oxygen atoms in total. The molecular weight excluding hydrogens is 485 g/mol.